The van der Waals surface area contributed by atoms with Crippen LogP contribution in [0.25, 0.3) is 0 Å². The summed E-state index contributed by atoms with van der Waals surface area (Å²) in [6.45, 7) is 6.22. The molecule has 2 heteroatoms. The first-order chi connectivity index (χ1) is 7.27. The largest absolute Gasteiger partial charge is 0.372 e. The van der Waals surface area contributed by atoms with Gasteiger partial charge in [-0.2, -0.15) is 0 Å². The molecule has 0 bridgehead atoms. The third kappa shape index (κ3) is 2.58. The fourth-order valence-electron chi connectivity index (χ4n) is 2.00. The molecule has 0 amide bonds. The predicted molar refractivity (Wildman–Crippen MR) is 62.0 cm³/mol. The van der Waals surface area contributed by atoms with Gasteiger partial charge in [0.25, 0.3) is 0 Å². The molecule has 1 fully saturated rings. The first-order valence-electron chi connectivity index (χ1n) is 5.69. The smallest absolute Gasteiger partial charge is 0.0975 e. The minimum absolute atomic E-state index is 0.202. The normalized spacial score (nSPS) is 27.3. The fourth-order valence-corrected chi connectivity index (χ4v) is 2.00. The van der Waals surface area contributed by atoms with E-state index < -0.39 is 0 Å². The molecule has 0 aliphatic carbocycles. The molecule has 1 aromatic rings. The highest BCUT2D eigenvalue weighted by molar-refractivity contribution is 5.24. The maximum absolute atomic E-state index is 5.88. The Bertz CT molecular complexity index is 307. The van der Waals surface area contributed by atoms with Crippen LogP contribution in [0.1, 0.15) is 30.6 Å². The zero-order valence-electron chi connectivity index (χ0n) is 9.49. The second-order valence-electron chi connectivity index (χ2n) is 4.30. The van der Waals surface area contributed by atoms with Crippen LogP contribution in [0.3, 0.4) is 0 Å². The molecule has 0 radical (unpaired) electrons. The van der Waals surface area contributed by atoms with Crippen molar-refractivity contribution in [3.8, 4) is 0 Å². The highest BCUT2D eigenvalue weighted by Crippen LogP contribution is 2.23. The third-order valence-corrected chi connectivity index (χ3v) is 2.94. The van der Waals surface area contributed by atoms with Crippen molar-refractivity contribution in [3.63, 3.8) is 0 Å². The first-order valence-corrected chi connectivity index (χ1v) is 5.69. The molecular formula is C13H19NO. The van der Waals surface area contributed by atoms with Gasteiger partial charge in [0.1, 0.15) is 0 Å². The second kappa shape index (κ2) is 4.77. The molecule has 0 aromatic heterocycles. The summed E-state index contributed by atoms with van der Waals surface area (Å²) < 4.78 is 5.88. The summed E-state index contributed by atoms with van der Waals surface area (Å²) in [5.74, 6) is 0. The Kier molecular flexibility index (Phi) is 3.39. The SMILES string of the molecule is Cc1ccc(C2OCCCNC2C)cc1. The Morgan fingerprint density at radius 1 is 1.27 bits per heavy atom. The zero-order valence-corrected chi connectivity index (χ0v) is 9.49. The van der Waals surface area contributed by atoms with Crippen LogP contribution in [0.2, 0.25) is 0 Å². The van der Waals surface area contributed by atoms with Crippen LogP contribution in [-0.4, -0.2) is 19.2 Å². The average Bonchev–Trinajstić information content (AvgIpc) is 2.44. The van der Waals surface area contributed by atoms with Crippen LogP contribution in [0, 0.1) is 6.92 Å². The number of hydrogen-bond acceptors (Lipinski definition) is 2. The minimum Gasteiger partial charge on any atom is -0.372 e. The molecule has 15 heavy (non-hydrogen) atoms. The molecule has 0 spiro atoms. The lowest BCUT2D eigenvalue weighted by atomic mass is 10.0. The molecule has 2 atom stereocenters. The summed E-state index contributed by atoms with van der Waals surface area (Å²) in [5.41, 5.74) is 2.58. The molecule has 1 N–H and O–H groups in total. The molecule has 1 heterocycles. The number of rotatable bonds is 1. The molecule has 1 aliphatic rings. The van der Waals surface area contributed by atoms with Gasteiger partial charge in [0.2, 0.25) is 0 Å². The van der Waals surface area contributed by atoms with Crippen LogP contribution in [0.15, 0.2) is 24.3 Å². The van der Waals surface area contributed by atoms with Crippen molar-refractivity contribution in [2.75, 3.05) is 13.2 Å². The van der Waals surface area contributed by atoms with E-state index in [-0.39, 0.29) is 6.10 Å². The van der Waals surface area contributed by atoms with Crippen LogP contribution < -0.4 is 5.32 Å². The van der Waals surface area contributed by atoms with Crippen LogP contribution in [0.4, 0.5) is 0 Å². The first kappa shape index (κ1) is 10.7. The van der Waals surface area contributed by atoms with Gasteiger partial charge in [-0.15, -0.1) is 0 Å². The van der Waals surface area contributed by atoms with E-state index in [2.05, 4.69) is 43.4 Å². The van der Waals surface area contributed by atoms with E-state index in [0.29, 0.717) is 6.04 Å². The van der Waals surface area contributed by atoms with Gasteiger partial charge in [-0.3, -0.25) is 0 Å². The maximum atomic E-state index is 5.88. The molecule has 2 rings (SSSR count). The van der Waals surface area contributed by atoms with Gasteiger partial charge < -0.3 is 10.1 Å². The van der Waals surface area contributed by atoms with Gasteiger partial charge in [0, 0.05) is 12.6 Å². The molecule has 0 saturated carbocycles. The topological polar surface area (TPSA) is 21.3 Å². The molecular weight excluding hydrogens is 186 g/mol. The van der Waals surface area contributed by atoms with Crippen LogP contribution >= 0.6 is 0 Å². The molecule has 82 valence electrons. The number of benzene rings is 1. The molecule has 1 aromatic carbocycles. The number of ether oxygens (including phenoxy) is 1. The second-order valence-corrected chi connectivity index (χ2v) is 4.30. The summed E-state index contributed by atoms with van der Waals surface area (Å²) >= 11 is 0. The van der Waals surface area contributed by atoms with Crippen molar-refractivity contribution in [3.05, 3.63) is 35.4 Å². The van der Waals surface area contributed by atoms with Crippen molar-refractivity contribution in [1.29, 1.82) is 0 Å². The summed E-state index contributed by atoms with van der Waals surface area (Å²) in [4.78, 5) is 0. The van der Waals surface area contributed by atoms with Crippen molar-refractivity contribution in [2.45, 2.75) is 32.4 Å². The van der Waals surface area contributed by atoms with Gasteiger partial charge in [0.05, 0.1) is 6.10 Å². The Morgan fingerprint density at radius 2 is 2.00 bits per heavy atom. The Labute approximate surface area is 91.6 Å². The van der Waals surface area contributed by atoms with E-state index >= 15 is 0 Å². The minimum atomic E-state index is 0.202. The predicted octanol–water partition coefficient (Wildman–Crippen LogP) is 2.43. The summed E-state index contributed by atoms with van der Waals surface area (Å²) in [6, 6.07) is 9.04. The Hall–Kier alpha value is -0.860. The van der Waals surface area contributed by atoms with E-state index in [1.54, 1.807) is 0 Å². The summed E-state index contributed by atoms with van der Waals surface area (Å²) in [7, 11) is 0. The third-order valence-electron chi connectivity index (χ3n) is 2.94. The van der Waals surface area contributed by atoms with Crippen molar-refractivity contribution >= 4 is 0 Å². The number of aryl methyl sites for hydroxylation is 1. The van der Waals surface area contributed by atoms with Crippen molar-refractivity contribution in [1.82, 2.24) is 5.32 Å². The monoisotopic (exact) mass is 205 g/mol. The molecule has 1 saturated heterocycles. The summed E-state index contributed by atoms with van der Waals surface area (Å²) in [6.07, 6.45) is 1.31. The average molecular weight is 205 g/mol. The Morgan fingerprint density at radius 3 is 2.73 bits per heavy atom. The molecule has 1 aliphatic heterocycles. The lowest BCUT2D eigenvalue weighted by molar-refractivity contribution is 0.0462. The fraction of sp³-hybridized carbons (Fsp3) is 0.538. The van der Waals surface area contributed by atoms with Gasteiger partial charge in [-0.1, -0.05) is 29.8 Å². The van der Waals surface area contributed by atoms with Crippen molar-refractivity contribution in [2.24, 2.45) is 0 Å². The maximum Gasteiger partial charge on any atom is 0.0975 e. The van der Waals surface area contributed by atoms with Crippen LogP contribution in [-0.2, 0) is 4.74 Å². The number of hydrogen-bond donors (Lipinski definition) is 1. The van der Waals surface area contributed by atoms with E-state index in [0.717, 1.165) is 19.6 Å². The van der Waals surface area contributed by atoms with Crippen LogP contribution in [0.5, 0.6) is 0 Å². The van der Waals surface area contributed by atoms with Crippen molar-refractivity contribution < 1.29 is 4.74 Å². The zero-order chi connectivity index (χ0) is 10.7. The van der Waals surface area contributed by atoms with Gasteiger partial charge >= 0.3 is 0 Å². The standard InChI is InChI=1S/C13H19NO/c1-10-4-6-12(7-5-10)13-11(2)14-8-3-9-15-13/h4-7,11,13-14H,3,8-9H2,1-2H3. The molecule has 2 nitrogen and oxygen atoms in total. The van der Waals surface area contributed by atoms with E-state index in [1.807, 2.05) is 0 Å². The van der Waals surface area contributed by atoms with E-state index in [4.69, 9.17) is 4.74 Å². The highest BCUT2D eigenvalue weighted by atomic mass is 16.5. The van der Waals surface area contributed by atoms with Gasteiger partial charge in [0.15, 0.2) is 0 Å². The van der Waals surface area contributed by atoms with E-state index in [1.165, 1.54) is 11.1 Å². The summed E-state index contributed by atoms with van der Waals surface area (Å²) in [5, 5.41) is 3.48. The quantitative estimate of drug-likeness (QED) is 0.760. The van der Waals surface area contributed by atoms with E-state index in [9.17, 15) is 0 Å². The Balaban J connectivity index is 2.16. The number of nitrogens with one attached hydrogen (secondary N) is 1. The lowest BCUT2D eigenvalue weighted by Crippen LogP contribution is -2.31. The highest BCUT2D eigenvalue weighted by Gasteiger charge is 2.21. The lowest BCUT2D eigenvalue weighted by Gasteiger charge is -2.22. The molecule has 2 unspecified atom stereocenters. The van der Waals surface area contributed by atoms with Gasteiger partial charge in [-0.25, -0.2) is 0 Å². The van der Waals surface area contributed by atoms with Gasteiger partial charge in [-0.05, 0) is 32.4 Å².